The molecule has 20 heavy (non-hydrogen) atoms. The van der Waals surface area contributed by atoms with Crippen molar-refractivity contribution in [1.29, 1.82) is 0 Å². The highest BCUT2D eigenvalue weighted by Crippen LogP contribution is 2.27. The van der Waals surface area contributed by atoms with Gasteiger partial charge in [0.2, 0.25) is 0 Å². The highest BCUT2D eigenvalue weighted by atomic mass is 16.5. The van der Waals surface area contributed by atoms with E-state index in [1.165, 1.54) is 7.11 Å². The van der Waals surface area contributed by atoms with E-state index in [1.807, 2.05) is 31.2 Å². The molecule has 0 aromatic heterocycles. The molecule has 1 rings (SSSR count). The lowest BCUT2D eigenvalue weighted by Gasteiger charge is -2.26. The molecule has 0 heterocycles. The van der Waals surface area contributed by atoms with Gasteiger partial charge in [0.1, 0.15) is 5.54 Å². The molecule has 0 bridgehead atoms. The summed E-state index contributed by atoms with van der Waals surface area (Å²) in [5.41, 5.74) is -0.755. The lowest BCUT2D eigenvalue weighted by Crippen LogP contribution is -2.49. The van der Waals surface area contributed by atoms with Crippen molar-refractivity contribution in [3.05, 3.63) is 24.3 Å². The molecule has 1 aromatic rings. The number of ether oxygens (including phenoxy) is 3. The molecule has 0 saturated heterocycles. The van der Waals surface area contributed by atoms with Gasteiger partial charge in [-0.1, -0.05) is 12.1 Å². The molecule has 5 nitrogen and oxygen atoms in total. The average molecular weight is 281 g/mol. The molecule has 5 heteroatoms. The van der Waals surface area contributed by atoms with Crippen molar-refractivity contribution in [2.75, 3.05) is 27.4 Å². The summed E-state index contributed by atoms with van der Waals surface area (Å²) in [4.78, 5) is 11.7. The number of esters is 1. The number of nitrogens with one attached hydrogen (secondary N) is 1. The van der Waals surface area contributed by atoms with Crippen molar-refractivity contribution in [2.24, 2.45) is 0 Å². The Bertz CT molecular complexity index is 436. The summed E-state index contributed by atoms with van der Waals surface area (Å²) in [5.74, 6) is 1.08. The number of para-hydroxylation sites is 2. The molecule has 0 spiro atoms. The third-order valence-corrected chi connectivity index (χ3v) is 3.20. The molecule has 0 radical (unpaired) electrons. The monoisotopic (exact) mass is 281 g/mol. The average Bonchev–Trinajstić information content (AvgIpc) is 2.48. The molecule has 0 aliphatic rings. The van der Waals surface area contributed by atoms with Gasteiger partial charge in [-0.3, -0.25) is 4.79 Å². The van der Waals surface area contributed by atoms with Gasteiger partial charge in [0, 0.05) is 6.42 Å². The Hall–Kier alpha value is -1.75. The number of benzene rings is 1. The third kappa shape index (κ3) is 4.13. The smallest absolute Gasteiger partial charge is 0.325 e. The number of carbonyl (C=O) groups is 1. The van der Waals surface area contributed by atoms with Crippen molar-refractivity contribution in [3.8, 4) is 11.5 Å². The highest BCUT2D eigenvalue weighted by molar-refractivity contribution is 5.80. The van der Waals surface area contributed by atoms with Gasteiger partial charge < -0.3 is 19.5 Å². The second-order valence-corrected chi connectivity index (χ2v) is 4.55. The van der Waals surface area contributed by atoms with Crippen LogP contribution in [0.2, 0.25) is 0 Å². The van der Waals surface area contributed by atoms with Crippen LogP contribution in [0.3, 0.4) is 0 Å². The molecule has 1 unspecified atom stereocenters. The molecule has 1 N–H and O–H groups in total. The van der Waals surface area contributed by atoms with Gasteiger partial charge in [0.25, 0.3) is 0 Å². The fourth-order valence-corrected chi connectivity index (χ4v) is 1.76. The van der Waals surface area contributed by atoms with Crippen LogP contribution in [0.15, 0.2) is 24.3 Å². The Morgan fingerprint density at radius 2 is 1.85 bits per heavy atom. The van der Waals surface area contributed by atoms with Gasteiger partial charge in [-0.25, -0.2) is 0 Å². The fraction of sp³-hybridized carbons (Fsp3) is 0.533. The maximum atomic E-state index is 11.7. The van der Waals surface area contributed by atoms with Crippen LogP contribution in [0.5, 0.6) is 11.5 Å². The first-order chi connectivity index (χ1) is 9.57. The van der Waals surface area contributed by atoms with Gasteiger partial charge in [0.05, 0.1) is 20.3 Å². The van der Waals surface area contributed by atoms with Crippen molar-refractivity contribution in [2.45, 2.75) is 25.8 Å². The zero-order valence-electron chi connectivity index (χ0n) is 12.6. The van der Waals surface area contributed by atoms with Crippen LogP contribution in [0.1, 0.15) is 20.3 Å². The zero-order valence-corrected chi connectivity index (χ0v) is 12.6. The quantitative estimate of drug-likeness (QED) is 0.739. The Kier molecular flexibility index (Phi) is 6.31. The molecule has 0 aliphatic heterocycles. The second-order valence-electron chi connectivity index (χ2n) is 4.55. The summed E-state index contributed by atoms with van der Waals surface area (Å²) in [5, 5.41) is 2.97. The normalized spacial score (nSPS) is 13.4. The molecule has 0 aliphatic carbocycles. The van der Waals surface area contributed by atoms with Gasteiger partial charge in [-0.2, -0.15) is 0 Å². The van der Waals surface area contributed by atoms with E-state index < -0.39 is 5.54 Å². The van der Waals surface area contributed by atoms with Crippen molar-refractivity contribution >= 4 is 5.97 Å². The number of hydrogen-bond acceptors (Lipinski definition) is 5. The van der Waals surface area contributed by atoms with E-state index in [0.29, 0.717) is 31.1 Å². The zero-order chi connectivity index (χ0) is 15.0. The van der Waals surface area contributed by atoms with E-state index in [1.54, 1.807) is 14.0 Å². The van der Waals surface area contributed by atoms with Crippen LogP contribution in [0, 0.1) is 0 Å². The standard InChI is InChI=1S/C15H23NO4/c1-5-19-12-8-6-7-9-13(12)20-11-10-15(2,16-3)14(17)18-4/h6-9,16H,5,10-11H2,1-4H3. The molecule has 1 aromatic carbocycles. The number of carbonyl (C=O) groups excluding carboxylic acids is 1. The lowest BCUT2D eigenvalue weighted by molar-refractivity contribution is -0.148. The number of hydrogen-bond donors (Lipinski definition) is 1. The Morgan fingerprint density at radius 3 is 2.35 bits per heavy atom. The van der Waals surface area contributed by atoms with Crippen LogP contribution in [-0.2, 0) is 9.53 Å². The maximum Gasteiger partial charge on any atom is 0.325 e. The van der Waals surface area contributed by atoms with E-state index in [-0.39, 0.29) is 5.97 Å². The second kappa shape index (κ2) is 7.75. The van der Waals surface area contributed by atoms with Crippen molar-refractivity contribution in [1.82, 2.24) is 5.32 Å². The Balaban J connectivity index is 2.61. The predicted molar refractivity (Wildman–Crippen MR) is 77.2 cm³/mol. The van der Waals surface area contributed by atoms with Crippen LogP contribution >= 0.6 is 0 Å². The molecule has 1 atom stereocenters. The minimum atomic E-state index is -0.755. The van der Waals surface area contributed by atoms with Crippen LogP contribution in [-0.4, -0.2) is 38.9 Å². The summed E-state index contributed by atoms with van der Waals surface area (Å²) in [7, 11) is 3.11. The minimum absolute atomic E-state index is 0.304. The predicted octanol–water partition coefficient (Wildman–Crippen LogP) is 2.01. The fourth-order valence-electron chi connectivity index (χ4n) is 1.76. The minimum Gasteiger partial charge on any atom is -0.490 e. The molecule has 112 valence electrons. The van der Waals surface area contributed by atoms with E-state index in [2.05, 4.69) is 5.32 Å². The van der Waals surface area contributed by atoms with Crippen molar-refractivity contribution in [3.63, 3.8) is 0 Å². The summed E-state index contributed by atoms with van der Waals surface area (Å²) < 4.78 is 16.0. The summed E-state index contributed by atoms with van der Waals surface area (Å²) >= 11 is 0. The Morgan fingerprint density at radius 1 is 1.25 bits per heavy atom. The van der Waals surface area contributed by atoms with Crippen molar-refractivity contribution < 1.29 is 19.0 Å². The summed E-state index contributed by atoms with van der Waals surface area (Å²) in [6.45, 7) is 4.68. The first kappa shape index (κ1) is 16.3. The van der Waals surface area contributed by atoms with E-state index in [9.17, 15) is 4.79 Å². The third-order valence-electron chi connectivity index (χ3n) is 3.20. The SMILES string of the molecule is CCOc1ccccc1OCCC(C)(NC)C(=O)OC. The van der Waals surface area contributed by atoms with Crippen LogP contribution < -0.4 is 14.8 Å². The largest absolute Gasteiger partial charge is 0.490 e. The molecular formula is C15H23NO4. The van der Waals surface area contributed by atoms with Gasteiger partial charge in [-0.05, 0) is 33.0 Å². The van der Waals surface area contributed by atoms with Gasteiger partial charge in [-0.15, -0.1) is 0 Å². The number of likely N-dealkylation sites (N-methyl/N-ethyl adjacent to an activating group) is 1. The van der Waals surface area contributed by atoms with Gasteiger partial charge >= 0.3 is 5.97 Å². The molecular weight excluding hydrogens is 258 g/mol. The Labute approximate surface area is 120 Å². The molecule has 0 amide bonds. The van der Waals surface area contributed by atoms with Crippen LogP contribution in [0.25, 0.3) is 0 Å². The van der Waals surface area contributed by atoms with E-state index >= 15 is 0 Å². The molecule has 0 fully saturated rings. The van der Waals surface area contributed by atoms with Gasteiger partial charge in [0.15, 0.2) is 11.5 Å². The number of rotatable bonds is 8. The van der Waals surface area contributed by atoms with Crippen LogP contribution in [0.4, 0.5) is 0 Å². The maximum absolute atomic E-state index is 11.7. The summed E-state index contributed by atoms with van der Waals surface area (Å²) in [6.07, 6.45) is 0.497. The van der Waals surface area contributed by atoms with E-state index in [0.717, 1.165) is 0 Å². The number of methoxy groups -OCH3 is 1. The van der Waals surface area contributed by atoms with E-state index in [4.69, 9.17) is 14.2 Å². The molecule has 0 saturated carbocycles. The first-order valence-corrected chi connectivity index (χ1v) is 6.69. The topological polar surface area (TPSA) is 56.8 Å². The lowest BCUT2D eigenvalue weighted by atomic mass is 9.99. The first-order valence-electron chi connectivity index (χ1n) is 6.69. The summed E-state index contributed by atoms with van der Waals surface area (Å²) in [6, 6.07) is 7.48. The highest BCUT2D eigenvalue weighted by Gasteiger charge is 2.32.